The fourth-order valence-electron chi connectivity index (χ4n) is 4.99. The van der Waals surface area contributed by atoms with Gasteiger partial charge in [-0.05, 0) is 85.1 Å². The first kappa shape index (κ1) is 27.2. The molecule has 3 heterocycles. The Balaban J connectivity index is 1.40. The molecular weight excluding hydrogens is 557 g/mol. The molecule has 8 nitrogen and oxygen atoms in total. The number of aliphatic carboxylic acids is 1. The summed E-state index contributed by atoms with van der Waals surface area (Å²) in [6.45, 7) is 1.09. The molecule has 2 N–H and O–H groups in total. The lowest BCUT2D eigenvalue weighted by Gasteiger charge is -2.32. The van der Waals surface area contributed by atoms with Crippen LogP contribution in [0.1, 0.15) is 29.5 Å². The number of hydrogen-bond acceptors (Lipinski definition) is 6. The van der Waals surface area contributed by atoms with E-state index in [0.717, 1.165) is 11.0 Å². The summed E-state index contributed by atoms with van der Waals surface area (Å²) in [5, 5.41) is 17.2. The Morgan fingerprint density at radius 1 is 1.21 bits per heavy atom. The van der Waals surface area contributed by atoms with Crippen molar-refractivity contribution in [2.45, 2.75) is 31.6 Å². The maximum atomic E-state index is 13.5. The molecule has 0 aliphatic carbocycles. The number of carbonyl (C=O) groups is 3. The monoisotopic (exact) mass is 578 g/mol. The van der Waals surface area contributed by atoms with Gasteiger partial charge in [0.1, 0.15) is 6.04 Å². The van der Waals surface area contributed by atoms with Gasteiger partial charge in [0.15, 0.2) is 0 Å². The number of benzene rings is 2. The smallest absolute Gasteiger partial charge is 0.416 e. The Bertz CT molecular complexity index is 1500. The number of halogens is 4. The van der Waals surface area contributed by atoms with Crippen LogP contribution in [0.2, 0.25) is 5.02 Å². The highest BCUT2D eigenvalue weighted by Gasteiger charge is 2.46. The number of hydrogen-bond donors (Lipinski definition) is 2. The minimum atomic E-state index is -4.58. The Hall–Kier alpha value is -3.35. The van der Waals surface area contributed by atoms with Gasteiger partial charge in [0.05, 0.1) is 28.7 Å². The van der Waals surface area contributed by atoms with Crippen LogP contribution in [0.25, 0.3) is 17.0 Å². The van der Waals surface area contributed by atoms with E-state index in [9.17, 15) is 32.7 Å². The summed E-state index contributed by atoms with van der Waals surface area (Å²) in [5.74, 6) is -2.21. The molecular formula is C26H22ClF3N4O4S. The molecule has 1 aromatic heterocycles. The quantitative estimate of drug-likeness (QED) is 0.385. The molecule has 2 aromatic carbocycles. The number of thioether (sulfide) groups is 1. The number of rotatable bonds is 6. The molecule has 2 aliphatic rings. The molecule has 1 atom stereocenters. The van der Waals surface area contributed by atoms with E-state index in [4.69, 9.17) is 11.6 Å². The normalized spacial score (nSPS) is 18.9. The molecule has 1 unspecified atom stereocenters. The molecule has 2 saturated heterocycles. The van der Waals surface area contributed by atoms with Gasteiger partial charge in [0.25, 0.3) is 11.1 Å². The first-order valence-corrected chi connectivity index (χ1v) is 13.2. The highest BCUT2D eigenvalue weighted by Crippen LogP contribution is 2.37. The van der Waals surface area contributed by atoms with Gasteiger partial charge in [-0.3, -0.25) is 19.2 Å². The third-order valence-electron chi connectivity index (χ3n) is 6.85. The van der Waals surface area contributed by atoms with Crippen molar-refractivity contribution in [3.05, 3.63) is 69.2 Å². The van der Waals surface area contributed by atoms with Crippen LogP contribution in [-0.4, -0.2) is 56.0 Å². The topological polar surface area (TPSA) is 105 Å². The van der Waals surface area contributed by atoms with Crippen LogP contribution in [0.4, 0.5) is 18.0 Å². The minimum absolute atomic E-state index is 0.0105. The van der Waals surface area contributed by atoms with Crippen molar-refractivity contribution in [1.29, 1.82) is 0 Å². The van der Waals surface area contributed by atoms with E-state index >= 15 is 0 Å². The van der Waals surface area contributed by atoms with Crippen molar-refractivity contribution in [1.82, 2.24) is 20.0 Å². The Labute approximate surface area is 229 Å². The highest BCUT2D eigenvalue weighted by molar-refractivity contribution is 8.18. The number of fused-ring (bicyclic) bond motifs is 1. The standard InChI is InChI=1S/C26H22ClF3N4O4S/c27-18-3-2-16(19(11-18)26(28,29)30)13-33-20-4-1-14(9-17(20)12-32-33)10-21-23(35)34(25(38)39-21)22(24(36)37)15-5-7-31-8-6-15/h1-4,9-12,15,22,31H,5-8,13H2,(H,36,37). The van der Waals surface area contributed by atoms with Gasteiger partial charge in [0, 0.05) is 10.4 Å². The number of alkyl halides is 3. The van der Waals surface area contributed by atoms with Gasteiger partial charge in [-0.2, -0.15) is 18.3 Å². The number of imide groups is 1. The average molecular weight is 579 g/mol. The number of piperidine rings is 1. The van der Waals surface area contributed by atoms with Gasteiger partial charge < -0.3 is 10.4 Å². The molecule has 204 valence electrons. The van der Waals surface area contributed by atoms with Gasteiger partial charge in [-0.1, -0.05) is 23.7 Å². The van der Waals surface area contributed by atoms with E-state index < -0.39 is 34.9 Å². The summed E-state index contributed by atoms with van der Waals surface area (Å²) in [6, 6.07) is 7.37. The van der Waals surface area contributed by atoms with Crippen LogP contribution in [0.3, 0.4) is 0 Å². The van der Waals surface area contributed by atoms with E-state index in [2.05, 4.69) is 10.4 Å². The highest BCUT2D eigenvalue weighted by atomic mass is 35.5. The first-order chi connectivity index (χ1) is 18.5. The maximum absolute atomic E-state index is 13.5. The van der Waals surface area contributed by atoms with Crippen molar-refractivity contribution in [3.63, 3.8) is 0 Å². The molecule has 0 spiro atoms. The van der Waals surface area contributed by atoms with Crippen LogP contribution < -0.4 is 5.32 Å². The van der Waals surface area contributed by atoms with Gasteiger partial charge in [-0.15, -0.1) is 0 Å². The van der Waals surface area contributed by atoms with Gasteiger partial charge in [-0.25, -0.2) is 4.79 Å². The lowest BCUT2D eigenvalue weighted by Crippen LogP contribution is -2.50. The zero-order valence-corrected chi connectivity index (χ0v) is 21.8. The summed E-state index contributed by atoms with van der Waals surface area (Å²) in [5.41, 5.74) is 0.301. The van der Waals surface area contributed by atoms with Crippen LogP contribution >= 0.6 is 23.4 Å². The third kappa shape index (κ3) is 5.54. The third-order valence-corrected chi connectivity index (χ3v) is 7.96. The van der Waals surface area contributed by atoms with E-state index in [1.54, 1.807) is 18.2 Å². The SMILES string of the molecule is O=C(O)C(C1CCNCC1)N1C(=O)SC(=Cc2ccc3c(cnn3Cc3ccc(Cl)cc3C(F)(F)F)c2)C1=O. The molecule has 0 radical (unpaired) electrons. The van der Waals surface area contributed by atoms with Crippen LogP contribution in [-0.2, 0) is 22.3 Å². The van der Waals surface area contributed by atoms with E-state index in [-0.39, 0.29) is 28.0 Å². The summed E-state index contributed by atoms with van der Waals surface area (Å²) in [7, 11) is 0. The van der Waals surface area contributed by atoms with Crippen molar-refractivity contribution >= 4 is 57.5 Å². The van der Waals surface area contributed by atoms with Crippen molar-refractivity contribution < 1.29 is 32.7 Å². The average Bonchev–Trinajstić information content (AvgIpc) is 3.40. The molecule has 0 saturated carbocycles. The second kappa shape index (κ2) is 10.7. The van der Waals surface area contributed by atoms with Gasteiger partial charge in [0.2, 0.25) is 0 Å². The van der Waals surface area contributed by atoms with Crippen LogP contribution in [0.5, 0.6) is 0 Å². The number of nitrogens with one attached hydrogen (secondary N) is 1. The molecule has 0 bridgehead atoms. The largest absolute Gasteiger partial charge is 0.480 e. The number of carboxylic acid groups (broad SMARTS) is 1. The first-order valence-electron chi connectivity index (χ1n) is 12.0. The maximum Gasteiger partial charge on any atom is 0.416 e. The van der Waals surface area contributed by atoms with Crippen molar-refractivity contribution in [2.75, 3.05) is 13.1 Å². The molecule has 3 aromatic rings. The number of carboxylic acids is 1. The molecule has 2 fully saturated rings. The molecule has 5 rings (SSSR count). The van der Waals surface area contributed by atoms with Gasteiger partial charge >= 0.3 is 12.1 Å². The van der Waals surface area contributed by atoms with Crippen LogP contribution in [0, 0.1) is 5.92 Å². The zero-order valence-electron chi connectivity index (χ0n) is 20.2. The van der Waals surface area contributed by atoms with E-state index in [1.807, 2.05) is 0 Å². The Kier molecular flexibility index (Phi) is 7.45. The zero-order chi connectivity index (χ0) is 27.9. The Morgan fingerprint density at radius 3 is 2.64 bits per heavy atom. The number of aromatic nitrogens is 2. The summed E-state index contributed by atoms with van der Waals surface area (Å²) < 4.78 is 42.0. The predicted octanol–water partition coefficient (Wildman–Crippen LogP) is 5.25. The van der Waals surface area contributed by atoms with Crippen LogP contribution in [0.15, 0.2) is 47.5 Å². The molecule has 13 heteroatoms. The lowest BCUT2D eigenvalue weighted by atomic mass is 9.89. The van der Waals surface area contributed by atoms with Crippen molar-refractivity contribution in [3.8, 4) is 0 Å². The predicted molar refractivity (Wildman–Crippen MR) is 140 cm³/mol. The summed E-state index contributed by atoms with van der Waals surface area (Å²) >= 11 is 6.46. The minimum Gasteiger partial charge on any atom is -0.480 e. The second-order valence-corrected chi connectivity index (χ2v) is 10.8. The molecule has 2 amide bonds. The summed E-state index contributed by atoms with van der Waals surface area (Å²) in [4.78, 5) is 38.8. The fourth-order valence-corrected chi connectivity index (χ4v) is 6.02. The molecule has 2 aliphatic heterocycles. The Morgan fingerprint density at radius 2 is 1.95 bits per heavy atom. The van der Waals surface area contributed by atoms with E-state index in [1.165, 1.54) is 29.1 Å². The fraction of sp³-hybridized carbons (Fsp3) is 0.308. The molecule has 39 heavy (non-hydrogen) atoms. The van der Waals surface area contributed by atoms with E-state index in [0.29, 0.717) is 54.2 Å². The lowest BCUT2D eigenvalue weighted by molar-refractivity contribution is -0.148. The van der Waals surface area contributed by atoms with Crippen molar-refractivity contribution in [2.24, 2.45) is 5.92 Å². The summed E-state index contributed by atoms with van der Waals surface area (Å²) in [6.07, 6.45) is -0.492. The number of carbonyl (C=O) groups excluding carboxylic acids is 2. The number of nitrogens with zero attached hydrogens (tertiary/aromatic N) is 3. The number of amides is 2. The second-order valence-electron chi connectivity index (χ2n) is 9.34.